The van der Waals surface area contributed by atoms with E-state index in [0.717, 1.165) is 0 Å². The third-order valence-corrected chi connectivity index (χ3v) is 6.14. The van der Waals surface area contributed by atoms with Gasteiger partial charge in [-0.25, -0.2) is 0 Å². The minimum atomic E-state index is -3.83. The average molecular weight is 411 g/mol. The van der Waals surface area contributed by atoms with Crippen LogP contribution >= 0.6 is 7.60 Å². The molecule has 0 bridgehead atoms. The van der Waals surface area contributed by atoms with E-state index in [4.69, 9.17) is 18.5 Å². The monoisotopic (exact) mass is 411 g/mol. The van der Waals surface area contributed by atoms with Crippen molar-refractivity contribution in [3.8, 4) is 0 Å². The van der Waals surface area contributed by atoms with Gasteiger partial charge in [-0.1, -0.05) is 18.2 Å². The van der Waals surface area contributed by atoms with Crippen LogP contribution in [0.4, 0.5) is 0 Å². The Hall–Kier alpha value is -2.15. The van der Waals surface area contributed by atoms with Crippen LogP contribution in [0, 0.1) is 0 Å². The van der Waals surface area contributed by atoms with Crippen LogP contribution in [0.5, 0.6) is 0 Å². The van der Waals surface area contributed by atoms with Gasteiger partial charge in [-0.3, -0.25) is 14.2 Å². The Bertz CT molecular complexity index is 848. The maximum absolute atomic E-state index is 13.6. The van der Waals surface area contributed by atoms with E-state index in [-0.39, 0.29) is 37.4 Å². The molecule has 0 amide bonds. The van der Waals surface area contributed by atoms with Gasteiger partial charge >= 0.3 is 19.5 Å². The standard InChI is InChI=1S/C19H26NO7P/c1-5-24-18(21)15(19(22)25-6-2)16-17(28(23,26-7-3)27-8-4)13-11-9-10-12-14(13)20-16/h9-12,15,20H,5-8H2,1-4H3. The normalized spacial score (nSPS) is 11.8. The second-order valence-electron chi connectivity index (χ2n) is 5.70. The lowest BCUT2D eigenvalue weighted by Gasteiger charge is -2.20. The molecule has 1 N–H and O–H groups in total. The number of rotatable bonds is 10. The Balaban J connectivity index is 2.78. The number of hydrogen-bond acceptors (Lipinski definition) is 7. The fourth-order valence-electron chi connectivity index (χ4n) is 2.94. The fraction of sp³-hybridized carbons (Fsp3) is 0.474. The number of hydrogen-bond donors (Lipinski definition) is 1. The highest BCUT2D eigenvalue weighted by molar-refractivity contribution is 7.63. The van der Waals surface area contributed by atoms with Crippen molar-refractivity contribution in [3.63, 3.8) is 0 Å². The Kier molecular flexibility index (Phi) is 7.80. The molecule has 9 heteroatoms. The van der Waals surface area contributed by atoms with Gasteiger partial charge in [0.25, 0.3) is 0 Å². The minimum absolute atomic E-state index is 0.0822. The average Bonchev–Trinajstić information content (AvgIpc) is 3.02. The van der Waals surface area contributed by atoms with Gasteiger partial charge in [0, 0.05) is 10.9 Å². The number of ether oxygens (including phenoxy) is 2. The molecule has 8 nitrogen and oxygen atoms in total. The number of benzene rings is 1. The summed E-state index contributed by atoms with van der Waals surface area (Å²) in [7, 11) is -3.83. The molecule has 0 spiro atoms. The number of H-pyrrole nitrogens is 1. The molecule has 0 aliphatic carbocycles. The topological polar surface area (TPSA) is 104 Å². The Morgan fingerprint density at radius 1 is 0.929 bits per heavy atom. The van der Waals surface area contributed by atoms with Crippen LogP contribution in [0.2, 0.25) is 0 Å². The van der Waals surface area contributed by atoms with Crippen LogP contribution in [-0.4, -0.2) is 43.4 Å². The second-order valence-corrected chi connectivity index (χ2v) is 7.66. The second kappa shape index (κ2) is 9.87. The summed E-state index contributed by atoms with van der Waals surface area (Å²) in [6, 6.07) is 7.01. The molecule has 28 heavy (non-hydrogen) atoms. The molecule has 0 fully saturated rings. The van der Waals surface area contributed by atoms with Crippen molar-refractivity contribution in [3.05, 3.63) is 30.0 Å². The van der Waals surface area contributed by atoms with Crippen LogP contribution in [0.25, 0.3) is 10.9 Å². The first-order valence-corrected chi connectivity index (χ1v) is 10.8. The summed E-state index contributed by atoms with van der Waals surface area (Å²) in [5.41, 5.74) is 0.689. The van der Waals surface area contributed by atoms with E-state index < -0.39 is 25.5 Å². The van der Waals surface area contributed by atoms with Crippen LogP contribution < -0.4 is 5.30 Å². The molecular weight excluding hydrogens is 385 g/mol. The van der Waals surface area contributed by atoms with Crippen molar-refractivity contribution >= 4 is 35.7 Å². The molecule has 2 rings (SSSR count). The van der Waals surface area contributed by atoms with E-state index in [9.17, 15) is 14.2 Å². The van der Waals surface area contributed by atoms with Gasteiger partial charge in [0.2, 0.25) is 0 Å². The molecule has 0 saturated carbocycles. The smallest absolute Gasteiger partial charge is 0.363 e. The predicted molar refractivity (Wildman–Crippen MR) is 105 cm³/mol. The van der Waals surface area contributed by atoms with E-state index >= 15 is 0 Å². The van der Waals surface area contributed by atoms with Gasteiger partial charge in [0.1, 0.15) is 0 Å². The highest BCUT2D eigenvalue weighted by atomic mass is 31.2. The number of carbonyl (C=O) groups excluding carboxylic acids is 2. The molecule has 2 aromatic rings. The quantitative estimate of drug-likeness (QED) is 0.363. The van der Waals surface area contributed by atoms with E-state index in [1.165, 1.54) is 0 Å². The zero-order valence-electron chi connectivity index (χ0n) is 16.5. The minimum Gasteiger partial charge on any atom is -0.465 e. The molecule has 0 aliphatic rings. The van der Waals surface area contributed by atoms with E-state index in [2.05, 4.69) is 4.98 Å². The summed E-state index contributed by atoms with van der Waals surface area (Å²) in [6.45, 7) is 7.06. The Morgan fingerprint density at radius 2 is 1.46 bits per heavy atom. The van der Waals surface area contributed by atoms with Crippen LogP contribution in [-0.2, 0) is 32.7 Å². The molecule has 0 aliphatic heterocycles. The summed E-state index contributed by atoms with van der Waals surface area (Å²) >= 11 is 0. The third kappa shape index (κ3) is 4.46. The van der Waals surface area contributed by atoms with Gasteiger partial charge in [-0.05, 0) is 33.8 Å². The largest absolute Gasteiger partial charge is 0.465 e. The van der Waals surface area contributed by atoms with Crippen LogP contribution in [0.3, 0.4) is 0 Å². The maximum atomic E-state index is 13.6. The third-order valence-electron chi connectivity index (χ3n) is 3.91. The van der Waals surface area contributed by atoms with Crippen molar-refractivity contribution in [2.45, 2.75) is 33.6 Å². The Labute approximate surface area is 164 Å². The molecule has 0 radical (unpaired) electrons. The lowest BCUT2D eigenvalue weighted by molar-refractivity contribution is -0.157. The molecule has 1 aromatic carbocycles. The highest BCUT2D eigenvalue weighted by Crippen LogP contribution is 2.50. The lowest BCUT2D eigenvalue weighted by Crippen LogP contribution is -2.30. The first kappa shape index (κ1) is 22.1. The summed E-state index contributed by atoms with van der Waals surface area (Å²) < 4.78 is 34.8. The number of aromatic amines is 1. The highest BCUT2D eigenvalue weighted by Gasteiger charge is 2.42. The Morgan fingerprint density at radius 3 is 1.96 bits per heavy atom. The van der Waals surface area contributed by atoms with Gasteiger partial charge in [0.05, 0.1) is 37.4 Å². The first-order chi connectivity index (χ1) is 13.4. The molecule has 1 aromatic heterocycles. The van der Waals surface area contributed by atoms with Crippen molar-refractivity contribution in [1.29, 1.82) is 0 Å². The summed E-state index contributed by atoms with van der Waals surface area (Å²) in [6.07, 6.45) is 0. The van der Waals surface area contributed by atoms with Crippen molar-refractivity contribution in [2.24, 2.45) is 0 Å². The number of para-hydroxylation sites is 1. The van der Waals surface area contributed by atoms with Crippen molar-refractivity contribution < 1.29 is 32.7 Å². The summed E-state index contributed by atoms with van der Waals surface area (Å²) in [4.78, 5) is 28.3. The maximum Gasteiger partial charge on any atom is 0.363 e. The van der Waals surface area contributed by atoms with Gasteiger partial charge in [-0.15, -0.1) is 0 Å². The molecule has 154 valence electrons. The SMILES string of the molecule is CCOC(=O)C(C(=O)OCC)c1[nH]c2ccccc2c1P(=O)(OCC)OCC. The van der Waals surface area contributed by atoms with Crippen LogP contribution in [0.1, 0.15) is 39.3 Å². The van der Waals surface area contributed by atoms with Gasteiger partial charge in [-0.2, -0.15) is 0 Å². The summed E-state index contributed by atoms with van der Waals surface area (Å²) in [5.74, 6) is -3.03. The number of esters is 2. The molecule has 1 heterocycles. The molecular formula is C19H26NO7P. The van der Waals surface area contributed by atoms with E-state index in [1.54, 1.807) is 52.0 Å². The molecule has 0 unspecified atom stereocenters. The van der Waals surface area contributed by atoms with E-state index in [1.807, 2.05) is 0 Å². The lowest BCUT2D eigenvalue weighted by atomic mass is 10.1. The number of nitrogens with one attached hydrogen (secondary N) is 1. The summed E-state index contributed by atoms with van der Waals surface area (Å²) in [5, 5.41) is 0.694. The van der Waals surface area contributed by atoms with Crippen molar-refractivity contribution in [1.82, 2.24) is 4.98 Å². The van der Waals surface area contributed by atoms with Crippen LogP contribution in [0.15, 0.2) is 24.3 Å². The fourth-order valence-corrected chi connectivity index (χ4v) is 4.92. The zero-order valence-corrected chi connectivity index (χ0v) is 17.4. The molecule has 0 atom stereocenters. The zero-order chi connectivity index (χ0) is 20.7. The number of carbonyl (C=O) groups is 2. The van der Waals surface area contributed by atoms with Crippen molar-refractivity contribution in [2.75, 3.05) is 26.4 Å². The number of fused-ring (bicyclic) bond motifs is 1. The number of aromatic nitrogens is 1. The van der Waals surface area contributed by atoms with Gasteiger partial charge in [0.15, 0.2) is 5.92 Å². The first-order valence-electron chi connectivity index (χ1n) is 9.26. The predicted octanol–water partition coefficient (Wildman–Crippen LogP) is 3.27. The van der Waals surface area contributed by atoms with E-state index in [0.29, 0.717) is 10.9 Å². The van der Waals surface area contributed by atoms with Gasteiger partial charge < -0.3 is 23.5 Å². The molecule has 0 saturated heterocycles.